The molecule has 0 radical (unpaired) electrons. The number of aliphatic carboxylic acids is 1. The van der Waals surface area contributed by atoms with Gasteiger partial charge in [-0.3, -0.25) is 9.59 Å². The lowest BCUT2D eigenvalue weighted by Gasteiger charge is -2.16. The maximum atomic E-state index is 11.8. The highest BCUT2D eigenvalue weighted by atomic mass is 16.4. The van der Waals surface area contributed by atoms with Gasteiger partial charge in [0.15, 0.2) is 0 Å². The smallest absolute Gasteiger partial charge is 0.326 e. The van der Waals surface area contributed by atoms with Crippen molar-refractivity contribution in [1.82, 2.24) is 5.32 Å². The van der Waals surface area contributed by atoms with Crippen LogP contribution in [0.4, 0.5) is 0 Å². The van der Waals surface area contributed by atoms with Crippen LogP contribution in [-0.4, -0.2) is 35.0 Å². The van der Waals surface area contributed by atoms with Crippen molar-refractivity contribution in [1.29, 1.82) is 0 Å². The summed E-state index contributed by atoms with van der Waals surface area (Å²) >= 11 is 0. The summed E-state index contributed by atoms with van der Waals surface area (Å²) in [5, 5.41) is 11.1. The molecule has 0 aliphatic heterocycles. The van der Waals surface area contributed by atoms with E-state index in [-0.39, 0.29) is 6.42 Å². The number of carboxylic acid groups (broad SMARTS) is 1. The van der Waals surface area contributed by atoms with E-state index in [1.807, 2.05) is 30.3 Å². The zero-order valence-electron chi connectivity index (χ0n) is 10.8. The molecule has 0 bridgehead atoms. The zero-order chi connectivity index (χ0) is 15.1. The number of rotatable bonds is 7. The fourth-order valence-corrected chi connectivity index (χ4v) is 1.64. The first-order valence-electron chi connectivity index (χ1n) is 6.01. The highest BCUT2D eigenvalue weighted by Gasteiger charge is 2.24. The van der Waals surface area contributed by atoms with Crippen LogP contribution in [0.5, 0.6) is 0 Å². The summed E-state index contributed by atoms with van der Waals surface area (Å²) in [6.07, 6.45) is -0.200. The van der Waals surface area contributed by atoms with E-state index in [1.54, 1.807) is 0 Å². The molecule has 0 spiro atoms. The molecule has 0 fully saturated rings. The van der Waals surface area contributed by atoms with Crippen LogP contribution in [0, 0.1) is 0 Å². The molecule has 1 unspecified atom stereocenters. The van der Waals surface area contributed by atoms with E-state index >= 15 is 0 Å². The van der Waals surface area contributed by atoms with Crippen molar-refractivity contribution in [3.8, 4) is 0 Å². The minimum absolute atomic E-state index is 0.273. The molecular formula is C13H17N3O4. The third kappa shape index (κ3) is 5.07. The molecule has 0 heterocycles. The number of carbonyl (C=O) groups excluding carboxylic acids is 2. The third-order valence-electron chi connectivity index (χ3n) is 2.66. The number of nitrogens with two attached hydrogens (primary N) is 2. The lowest BCUT2D eigenvalue weighted by molar-refractivity contribution is -0.143. The van der Waals surface area contributed by atoms with Gasteiger partial charge >= 0.3 is 5.97 Å². The van der Waals surface area contributed by atoms with Gasteiger partial charge in [-0.25, -0.2) is 4.79 Å². The Bertz CT molecular complexity index is 490. The van der Waals surface area contributed by atoms with Gasteiger partial charge in [-0.1, -0.05) is 30.3 Å². The second-order valence-electron chi connectivity index (χ2n) is 4.37. The van der Waals surface area contributed by atoms with E-state index in [1.165, 1.54) is 0 Å². The maximum absolute atomic E-state index is 11.8. The Kier molecular flexibility index (Phi) is 5.67. The molecule has 2 atom stereocenters. The van der Waals surface area contributed by atoms with Gasteiger partial charge in [0.2, 0.25) is 11.8 Å². The summed E-state index contributed by atoms with van der Waals surface area (Å²) in [4.78, 5) is 33.4. The fraction of sp³-hybridized carbons (Fsp3) is 0.308. The highest BCUT2D eigenvalue weighted by molar-refractivity contribution is 5.90. The van der Waals surface area contributed by atoms with Gasteiger partial charge in [0.05, 0.1) is 12.5 Å². The summed E-state index contributed by atoms with van der Waals surface area (Å²) in [6, 6.07) is 6.83. The zero-order valence-corrected chi connectivity index (χ0v) is 10.8. The monoisotopic (exact) mass is 279 g/mol. The summed E-state index contributed by atoms with van der Waals surface area (Å²) < 4.78 is 0. The summed E-state index contributed by atoms with van der Waals surface area (Å²) in [6.45, 7) is 0. The van der Waals surface area contributed by atoms with Crippen molar-refractivity contribution in [2.75, 3.05) is 0 Å². The molecule has 7 nitrogen and oxygen atoms in total. The van der Waals surface area contributed by atoms with E-state index < -0.39 is 36.3 Å². The average molecular weight is 279 g/mol. The first-order valence-corrected chi connectivity index (χ1v) is 6.01. The normalized spacial score (nSPS) is 13.2. The fourth-order valence-electron chi connectivity index (χ4n) is 1.64. The van der Waals surface area contributed by atoms with Crippen LogP contribution in [0.1, 0.15) is 12.0 Å². The Morgan fingerprint density at radius 2 is 1.80 bits per heavy atom. The molecule has 108 valence electrons. The number of carbonyl (C=O) groups is 3. The van der Waals surface area contributed by atoms with Crippen molar-refractivity contribution >= 4 is 17.8 Å². The quantitative estimate of drug-likeness (QED) is 0.507. The van der Waals surface area contributed by atoms with Crippen LogP contribution >= 0.6 is 0 Å². The Hall–Kier alpha value is -2.41. The first kappa shape index (κ1) is 15.6. The van der Waals surface area contributed by atoms with Crippen LogP contribution in [0.3, 0.4) is 0 Å². The van der Waals surface area contributed by atoms with E-state index in [2.05, 4.69) is 5.32 Å². The second-order valence-corrected chi connectivity index (χ2v) is 4.37. The topological polar surface area (TPSA) is 136 Å². The Labute approximate surface area is 115 Å². The number of benzene rings is 1. The first-order chi connectivity index (χ1) is 9.40. The second kappa shape index (κ2) is 7.25. The molecule has 0 saturated heterocycles. The van der Waals surface area contributed by atoms with Gasteiger partial charge in [-0.2, -0.15) is 0 Å². The largest absolute Gasteiger partial charge is 0.480 e. The minimum Gasteiger partial charge on any atom is -0.480 e. The lowest BCUT2D eigenvalue weighted by atomic mass is 10.1. The molecule has 1 aromatic rings. The van der Waals surface area contributed by atoms with Crippen molar-refractivity contribution < 1.29 is 19.5 Å². The number of carboxylic acids is 1. The highest BCUT2D eigenvalue weighted by Crippen LogP contribution is 2.02. The van der Waals surface area contributed by atoms with Gasteiger partial charge in [0.25, 0.3) is 0 Å². The van der Waals surface area contributed by atoms with Gasteiger partial charge in [-0.05, 0) is 12.0 Å². The third-order valence-corrected chi connectivity index (χ3v) is 2.66. The number of primary amides is 1. The van der Waals surface area contributed by atoms with Crippen molar-refractivity contribution in [3.05, 3.63) is 35.9 Å². The summed E-state index contributed by atoms with van der Waals surface area (Å²) in [5.41, 5.74) is 11.5. The molecule has 20 heavy (non-hydrogen) atoms. The molecule has 2 amide bonds. The number of amides is 2. The van der Waals surface area contributed by atoms with Crippen LogP contribution in [0.2, 0.25) is 0 Å². The van der Waals surface area contributed by atoms with Crippen LogP contribution in [0.15, 0.2) is 30.3 Å². The number of hydrogen-bond acceptors (Lipinski definition) is 4. The van der Waals surface area contributed by atoms with Gasteiger partial charge in [-0.15, -0.1) is 0 Å². The SMILES string of the molecule is NC(=O)CC(NC(=O)[C@@H](N)Cc1ccccc1)C(=O)O. The standard InChI is InChI=1S/C13H17N3O4/c14-9(6-8-4-2-1-3-5-8)12(18)16-10(13(19)20)7-11(15)17/h1-5,9-10H,6-7,14H2,(H2,15,17)(H,16,18)(H,19,20)/t9-,10?/m0/s1. The molecule has 7 heteroatoms. The number of nitrogens with one attached hydrogen (secondary N) is 1. The Balaban J connectivity index is 2.59. The maximum Gasteiger partial charge on any atom is 0.326 e. The molecule has 0 aliphatic rings. The molecule has 0 aromatic heterocycles. The van der Waals surface area contributed by atoms with Crippen LogP contribution in [0.25, 0.3) is 0 Å². The van der Waals surface area contributed by atoms with Gasteiger partial charge in [0, 0.05) is 0 Å². The Morgan fingerprint density at radius 3 is 2.30 bits per heavy atom. The summed E-state index contributed by atoms with van der Waals surface area (Å²) in [5.74, 6) is -2.78. The average Bonchev–Trinajstić information content (AvgIpc) is 2.38. The van der Waals surface area contributed by atoms with Gasteiger partial charge in [0.1, 0.15) is 6.04 Å². The minimum atomic E-state index is -1.36. The molecule has 6 N–H and O–H groups in total. The molecule has 1 aromatic carbocycles. The number of hydrogen-bond donors (Lipinski definition) is 4. The van der Waals surface area contributed by atoms with E-state index in [4.69, 9.17) is 16.6 Å². The molecule has 1 rings (SSSR count). The van der Waals surface area contributed by atoms with E-state index in [0.29, 0.717) is 0 Å². The van der Waals surface area contributed by atoms with Crippen molar-refractivity contribution in [3.63, 3.8) is 0 Å². The Morgan fingerprint density at radius 1 is 1.20 bits per heavy atom. The predicted octanol–water partition coefficient (Wildman–Crippen LogP) is -0.999. The van der Waals surface area contributed by atoms with Crippen LogP contribution in [-0.2, 0) is 20.8 Å². The molecule has 0 aliphatic carbocycles. The van der Waals surface area contributed by atoms with Gasteiger partial charge < -0.3 is 21.9 Å². The van der Waals surface area contributed by atoms with Crippen molar-refractivity contribution in [2.45, 2.75) is 24.9 Å². The van der Waals surface area contributed by atoms with Crippen molar-refractivity contribution in [2.24, 2.45) is 11.5 Å². The molecular weight excluding hydrogens is 262 g/mol. The lowest BCUT2D eigenvalue weighted by Crippen LogP contribution is -2.50. The van der Waals surface area contributed by atoms with E-state index in [0.717, 1.165) is 5.56 Å². The molecule has 0 saturated carbocycles. The van der Waals surface area contributed by atoms with E-state index in [9.17, 15) is 14.4 Å². The predicted molar refractivity (Wildman–Crippen MR) is 71.5 cm³/mol. The van der Waals surface area contributed by atoms with Crippen LogP contribution < -0.4 is 16.8 Å². The summed E-state index contributed by atoms with van der Waals surface area (Å²) in [7, 11) is 0.